The van der Waals surface area contributed by atoms with E-state index in [4.69, 9.17) is 19.1 Å². The van der Waals surface area contributed by atoms with Gasteiger partial charge in [0.1, 0.15) is 10.8 Å². The molecule has 0 unspecified atom stereocenters. The van der Waals surface area contributed by atoms with Crippen LogP contribution in [0.2, 0.25) is 0 Å². The number of nitrogens with one attached hydrogen (secondary N) is 1. The Bertz CT molecular complexity index is 873. The Morgan fingerprint density at radius 2 is 2.10 bits per heavy atom. The van der Waals surface area contributed by atoms with Crippen molar-refractivity contribution in [2.45, 2.75) is 25.7 Å². The summed E-state index contributed by atoms with van der Waals surface area (Å²) in [6.45, 7) is 4.42. The number of anilines is 1. The number of carboxylic acid groups (broad SMARTS) is 1. The molecule has 9 nitrogen and oxygen atoms in total. The maximum Gasteiger partial charge on any atom is 0.490 e. The van der Waals surface area contributed by atoms with Gasteiger partial charge in [0.2, 0.25) is 11.0 Å². The van der Waals surface area contributed by atoms with Crippen LogP contribution in [0.25, 0.3) is 0 Å². The second kappa shape index (κ2) is 9.00. The lowest BCUT2D eigenvalue weighted by Crippen LogP contribution is -2.36. The molecule has 2 fully saturated rings. The molecular weight excluding hydrogens is 429 g/mol. The van der Waals surface area contributed by atoms with E-state index in [1.165, 1.54) is 0 Å². The molecule has 2 aromatic rings. The summed E-state index contributed by atoms with van der Waals surface area (Å²) in [6, 6.07) is 3.67. The quantitative estimate of drug-likeness (QED) is 0.728. The van der Waals surface area contributed by atoms with E-state index in [0.717, 1.165) is 29.0 Å². The van der Waals surface area contributed by atoms with E-state index in [2.05, 4.69) is 20.4 Å². The van der Waals surface area contributed by atoms with Crippen molar-refractivity contribution >= 4 is 28.3 Å². The number of nitrogens with zero attached hydrogens (tertiary/aromatic N) is 3. The molecule has 2 aliphatic heterocycles. The Morgan fingerprint density at radius 3 is 2.67 bits per heavy atom. The van der Waals surface area contributed by atoms with Crippen molar-refractivity contribution in [1.82, 2.24) is 15.5 Å². The van der Waals surface area contributed by atoms with Crippen LogP contribution in [0, 0.1) is 18.8 Å². The van der Waals surface area contributed by atoms with Gasteiger partial charge in [0.25, 0.3) is 0 Å². The maximum absolute atomic E-state index is 12.5. The lowest BCUT2D eigenvalue weighted by atomic mass is 9.92. The van der Waals surface area contributed by atoms with Crippen LogP contribution in [-0.2, 0) is 20.9 Å². The number of carbonyl (C=O) groups is 2. The zero-order valence-corrected chi connectivity index (χ0v) is 16.6. The van der Waals surface area contributed by atoms with E-state index in [9.17, 15) is 18.0 Å². The average molecular weight is 448 g/mol. The lowest BCUT2D eigenvalue weighted by molar-refractivity contribution is -0.192. The van der Waals surface area contributed by atoms with Crippen LogP contribution >= 0.6 is 11.3 Å². The number of halogens is 3. The monoisotopic (exact) mass is 448 g/mol. The van der Waals surface area contributed by atoms with Gasteiger partial charge in [-0.2, -0.15) is 13.2 Å². The molecule has 3 atom stereocenters. The van der Waals surface area contributed by atoms with Crippen molar-refractivity contribution < 1.29 is 37.0 Å². The molecular formula is C17H19F3N4O5S. The van der Waals surface area contributed by atoms with Gasteiger partial charge in [-0.25, -0.2) is 4.79 Å². The van der Waals surface area contributed by atoms with Gasteiger partial charge >= 0.3 is 12.1 Å². The summed E-state index contributed by atoms with van der Waals surface area (Å²) >= 11 is 1.58. The van der Waals surface area contributed by atoms with Gasteiger partial charge < -0.3 is 24.5 Å². The Hall–Kier alpha value is -2.67. The number of ether oxygens (including phenoxy) is 1. The number of hydrogen-bond donors (Lipinski definition) is 2. The molecule has 4 heterocycles. The molecule has 2 aliphatic rings. The fraction of sp³-hybridized carbons (Fsp3) is 0.529. The Labute approximate surface area is 172 Å². The molecule has 0 saturated carbocycles. The van der Waals surface area contributed by atoms with Crippen molar-refractivity contribution in [3.63, 3.8) is 0 Å². The molecule has 0 spiro atoms. The fourth-order valence-electron chi connectivity index (χ4n) is 3.27. The third-order valence-electron chi connectivity index (χ3n) is 4.70. The third-order valence-corrected chi connectivity index (χ3v) is 5.60. The summed E-state index contributed by atoms with van der Waals surface area (Å²) in [6.07, 6.45) is -3.38. The highest BCUT2D eigenvalue weighted by Gasteiger charge is 2.47. The van der Waals surface area contributed by atoms with Gasteiger partial charge in [-0.05, 0) is 19.1 Å². The number of carbonyl (C=O) groups excluding carboxylic acids is 1. The zero-order chi connectivity index (χ0) is 21.9. The van der Waals surface area contributed by atoms with E-state index in [0.29, 0.717) is 13.2 Å². The summed E-state index contributed by atoms with van der Waals surface area (Å²) in [5.74, 6) is -1.88. The molecule has 164 valence electrons. The highest BCUT2D eigenvalue weighted by Crippen LogP contribution is 2.36. The molecule has 0 bridgehead atoms. The summed E-state index contributed by atoms with van der Waals surface area (Å²) in [4.78, 5) is 23.5. The van der Waals surface area contributed by atoms with Crippen molar-refractivity contribution in [1.29, 1.82) is 0 Å². The summed E-state index contributed by atoms with van der Waals surface area (Å²) in [5.41, 5.74) is 0. The number of rotatable bonds is 4. The SMILES string of the molecule is Cc1nnc(N2C[C@@H]3[C@@H](C(=O)NCc4ccco4)CO[C@@H]3C2)s1.O=C(O)C(F)(F)F. The van der Waals surface area contributed by atoms with Crippen LogP contribution in [0.1, 0.15) is 10.8 Å². The summed E-state index contributed by atoms with van der Waals surface area (Å²) in [7, 11) is 0. The third kappa shape index (κ3) is 5.27. The van der Waals surface area contributed by atoms with Crippen LogP contribution in [0.3, 0.4) is 0 Å². The van der Waals surface area contributed by atoms with Crippen LogP contribution in [0.5, 0.6) is 0 Å². The van der Waals surface area contributed by atoms with E-state index in [1.54, 1.807) is 17.6 Å². The van der Waals surface area contributed by atoms with Crippen molar-refractivity contribution in [3.05, 3.63) is 29.2 Å². The molecule has 0 aromatic carbocycles. The molecule has 0 aliphatic carbocycles. The van der Waals surface area contributed by atoms with Crippen LogP contribution < -0.4 is 10.2 Å². The van der Waals surface area contributed by atoms with E-state index in [1.807, 2.05) is 19.1 Å². The highest BCUT2D eigenvalue weighted by molar-refractivity contribution is 7.15. The van der Waals surface area contributed by atoms with Crippen molar-refractivity contribution in [2.24, 2.45) is 11.8 Å². The maximum atomic E-state index is 12.5. The minimum atomic E-state index is -5.08. The summed E-state index contributed by atoms with van der Waals surface area (Å²) < 4.78 is 42.8. The second-order valence-electron chi connectivity index (χ2n) is 6.75. The number of amides is 1. The Balaban J connectivity index is 0.000000318. The van der Waals surface area contributed by atoms with E-state index in [-0.39, 0.29) is 23.8 Å². The van der Waals surface area contributed by atoms with Gasteiger partial charge in [-0.3, -0.25) is 4.79 Å². The van der Waals surface area contributed by atoms with E-state index < -0.39 is 12.1 Å². The van der Waals surface area contributed by atoms with Gasteiger partial charge in [0.15, 0.2) is 0 Å². The second-order valence-corrected chi connectivity index (χ2v) is 7.91. The Kier molecular flexibility index (Phi) is 6.61. The molecule has 0 radical (unpaired) electrons. The first-order chi connectivity index (χ1) is 14.1. The molecule has 13 heteroatoms. The van der Waals surface area contributed by atoms with Crippen molar-refractivity contribution in [2.75, 3.05) is 24.6 Å². The highest BCUT2D eigenvalue weighted by atomic mass is 32.1. The van der Waals surface area contributed by atoms with Gasteiger partial charge in [-0.1, -0.05) is 11.3 Å². The Morgan fingerprint density at radius 1 is 1.37 bits per heavy atom. The first-order valence-electron chi connectivity index (χ1n) is 8.92. The smallest absolute Gasteiger partial charge is 0.475 e. The first-order valence-corrected chi connectivity index (χ1v) is 9.73. The number of carboxylic acids is 1. The topological polar surface area (TPSA) is 118 Å². The fourth-order valence-corrected chi connectivity index (χ4v) is 3.98. The predicted octanol–water partition coefficient (Wildman–Crippen LogP) is 1.84. The van der Waals surface area contributed by atoms with Gasteiger partial charge in [-0.15, -0.1) is 10.2 Å². The number of aliphatic carboxylic acids is 1. The van der Waals surface area contributed by atoms with Gasteiger partial charge in [0, 0.05) is 19.0 Å². The average Bonchev–Trinajstić information content (AvgIpc) is 3.43. The number of aromatic nitrogens is 2. The molecule has 1 amide bonds. The van der Waals surface area contributed by atoms with E-state index >= 15 is 0 Å². The number of hydrogen-bond acceptors (Lipinski definition) is 8. The molecule has 2 aromatic heterocycles. The lowest BCUT2D eigenvalue weighted by Gasteiger charge is -2.18. The molecule has 30 heavy (non-hydrogen) atoms. The largest absolute Gasteiger partial charge is 0.490 e. The molecule has 2 N–H and O–H groups in total. The minimum absolute atomic E-state index is 0.0317. The number of furan rings is 1. The number of aryl methyl sites for hydroxylation is 1. The van der Waals surface area contributed by atoms with Crippen LogP contribution in [0.4, 0.5) is 18.3 Å². The van der Waals surface area contributed by atoms with Crippen molar-refractivity contribution in [3.8, 4) is 0 Å². The standard InChI is InChI=1S/C15H18N4O3S.C2HF3O2/c1-9-17-18-15(23-9)19-6-11-12(8-22-13(11)7-19)14(20)16-5-10-3-2-4-21-10;3-2(4,5)1(6)7/h2-4,11-13H,5-8H2,1H3,(H,16,20);(H,6,7)/t11-,12+,13-;/m1./s1. The number of alkyl halides is 3. The first kappa shape index (κ1) is 22.0. The van der Waals surface area contributed by atoms with Crippen LogP contribution in [-0.4, -0.2) is 59.2 Å². The number of fused-ring (bicyclic) bond motifs is 1. The van der Waals surface area contributed by atoms with Crippen LogP contribution in [0.15, 0.2) is 22.8 Å². The zero-order valence-electron chi connectivity index (χ0n) is 15.8. The normalized spacial score (nSPS) is 22.9. The van der Waals surface area contributed by atoms with Gasteiger partial charge in [0.05, 0.1) is 31.4 Å². The minimum Gasteiger partial charge on any atom is -0.475 e. The summed E-state index contributed by atoms with van der Waals surface area (Å²) in [5, 5.41) is 20.2. The molecule has 4 rings (SSSR count). The predicted molar refractivity (Wildman–Crippen MR) is 97.8 cm³/mol. The molecule has 2 saturated heterocycles.